The summed E-state index contributed by atoms with van der Waals surface area (Å²) in [7, 11) is 0. The lowest BCUT2D eigenvalue weighted by Crippen LogP contribution is -2.06. The van der Waals surface area contributed by atoms with Crippen molar-refractivity contribution < 1.29 is 14.8 Å². The number of carboxylic acid groups (broad SMARTS) is 1. The van der Waals surface area contributed by atoms with Crippen molar-refractivity contribution in [3.63, 3.8) is 0 Å². The van der Waals surface area contributed by atoms with E-state index in [1.54, 1.807) is 0 Å². The molecule has 16 heavy (non-hydrogen) atoms. The van der Waals surface area contributed by atoms with Crippen LogP contribution in [0.3, 0.4) is 0 Å². The van der Waals surface area contributed by atoms with E-state index < -0.39 is 11.0 Å². The Balaban J connectivity index is 2.45. The Kier molecular flexibility index (Phi) is 2.41. The molecule has 82 valence electrons. The first-order valence-corrected chi connectivity index (χ1v) is 4.93. The van der Waals surface area contributed by atoms with Gasteiger partial charge in [-0.3, -0.25) is 15.4 Å². The van der Waals surface area contributed by atoms with Gasteiger partial charge >= 0.3 is 6.09 Å². The van der Waals surface area contributed by atoms with Crippen molar-refractivity contribution in [1.29, 1.82) is 0 Å². The molecule has 0 bridgehead atoms. The van der Waals surface area contributed by atoms with E-state index in [2.05, 4.69) is 10.3 Å². The molecule has 0 radical (unpaired) electrons. The van der Waals surface area contributed by atoms with Crippen LogP contribution in [0.25, 0.3) is 10.2 Å². The fourth-order valence-electron chi connectivity index (χ4n) is 1.17. The number of hydrogen-bond acceptors (Lipinski definition) is 5. The number of non-ortho nitro benzene ring substituents is 1. The molecule has 0 unspecified atom stereocenters. The molecule has 1 heterocycles. The molecule has 7 nitrogen and oxygen atoms in total. The number of anilines is 1. The van der Waals surface area contributed by atoms with Gasteiger partial charge in [-0.1, -0.05) is 11.3 Å². The van der Waals surface area contributed by atoms with Crippen LogP contribution in [0.2, 0.25) is 0 Å². The van der Waals surface area contributed by atoms with E-state index in [0.29, 0.717) is 10.2 Å². The zero-order valence-electron chi connectivity index (χ0n) is 7.71. The number of nitrogens with zero attached hydrogens (tertiary/aromatic N) is 2. The zero-order chi connectivity index (χ0) is 11.7. The van der Waals surface area contributed by atoms with Gasteiger partial charge in [0.25, 0.3) is 5.69 Å². The summed E-state index contributed by atoms with van der Waals surface area (Å²) in [5.74, 6) is 0. The standard InChI is InChI=1S/C8H5N3O4S/c12-8(13)10-7-9-5-2-1-4(11(14)15)3-6(5)16-7/h1-3H,(H,9,10)(H,12,13). The molecule has 0 fully saturated rings. The Morgan fingerprint density at radius 2 is 2.31 bits per heavy atom. The largest absolute Gasteiger partial charge is 0.465 e. The van der Waals surface area contributed by atoms with Crippen molar-refractivity contribution in [3.05, 3.63) is 28.3 Å². The molecule has 0 saturated heterocycles. The highest BCUT2D eigenvalue weighted by Crippen LogP contribution is 2.28. The molecule has 1 aromatic heterocycles. The average molecular weight is 239 g/mol. The van der Waals surface area contributed by atoms with E-state index >= 15 is 0 Å². The quantitative estimate of drug-likeness (QED) is 0.617. The van der Waals surface area contributed by atoms with Crippen molar-refractivity contribution in [3.8, 4) is 0 Å². The fourth-order valence-corrected chi connectivity index (χ4v) is 2.06. The maximum Gasteiger partial charge on any atom is 0.410 e. The predicted molar refractivity (Wildman–Crippen MR) is 57.9 cm³/mol. The van der Waals surface area contributed by atoms with E-state index in [9.17, 15) is 14.9 Å². The highest BCUT2D eigenvalue weighted by molar-refractivity contribution is 7.22. The summed E-state index contributed by atoms with van der Waals surface area (Å²) in [5, 5.41) is 21.3. The third-order valence-electron chi connectivity index (χ3n) is 1.80. The monoisotopic (exact) mass is 239 g/mol. The first-order valence-electron chi connectivity index (χ1n) is 4.11. The first-order chi connectivity index (χ1) is 7.56. The summed E-state index contributed by atoms with van der Waals surface area (Å²) in [6.07, 6.45) is -1.21. The van der Waals surface area contributed by atoms with Gasteiger partial charge in [-0.25, -0.2) is 9.78 Å². The van der Waals surface area contributed by atoms with E-state index in [0.717, 1.165) is 11.3 Å². The van der Waals surface area contributed by atoms with E-state index in [1.165, 1.54) is 18.2 Å². The van der Waals surface area contributed by atoms with E-state index in [1.807, 2.05) is 0 Å². The van der Waals surface area contributed by atoms with Crippen LogP contribution in [0.5, 0.6) is 0 Å². The predicted octanol–water partition coefficient (Wildman–Crippen LogP) is 2.29. The van der Waals surface area contributed by atoms with E-state index in [-0.39, 0.29) is 10.8 Å². The minimum absolute atomic E-state index is 0.0435. The van der Waals surface area contributed by atoms with Gasteiger partial charge in [0.15, 0.2) is 5.13 Å². The molecule has 2 rings (SSSR count). The highest BCUT2D eigenvalue weighted by Gasteiger charge is 2.10. The Hall–Kier alpha value is -2.22. The molecule has 2 N–H and O–H groups in total. The second kappa shape index (κ2) is 3.74. The lowest BCUT2D eigenvalue weighted by Gasteiger charge is -1.89. The molecule has 0 aliphatic carbocycles. The number of hydrogen-bond donors (Lipinski definition) is 2. The number of thiazole rings is 1. The van der Waals surface area contributed by atoms with Crippen LogP contribution in [0, 0.1) is 10.1 Å². The Morgan fingerprint density at radius 1 is 1.56 bits per heavy atom. The normalized spacial score (nSPS) is 10.2. The van der Waals surface area contributed by atoms with Gasteiger partial charge in [0, 0.05) is 12.1 Å². The number of nitrogens with one attached hydrogen (secondary N) is 1. The number of amides is 1. The molecule has 0 spiro atoms. The molecule has 1 amide bonds. The lowest BCUT2D eigenvalue weighted by molar-refractivity contribution is -0.384. The van der Waals surface area contributed by atoms with Crippen molar-refractivity contribution in [1.82, 2.24) is 4.98 Å². The number of benzene rings is 1. The Morgan fingerprint density at radius 3 is 2.94 bits per heavy atom. The lowest BCUT2D eigenvalue weighted by atomic mass is 10.3. The maximum atomic E-state index is 10.5. The summed E-state index contributed by atoms with van der Waals surface area (Å²) < 4.78 is 0.568. The average Bonchev–Trinajstić information content (AvgIpc) is 2.56. The highest BCUT2D eigenvalue weighted by atomic mass is 32.1. The van der Waals surface area contributed by atoms with Crippen LogP contribution in [0.15, 0.2) is 18.2 Å². The summed E-state index contributed by atoms with van der Waals surface area (Å²) in [6, 6.07) is 4.17. The van der Waals surface area contributed by atoms with Crippen molar-refractivity contribution in [2.45, 2.75) is 0 Å². The van der Waals surface area contributed by atoms with Crippen LogP contribution in [0.4, 0.5) is 15.6 Å². The topological polar surface area (TPSA) is 105 Å². The minimum atomic E-state index is -1.21. The molecule has 0 aliphatic heterocycles. The Bertz CT molecular complexity index is 580. The summed E-state index contributed by atoms with van der Waals surface area (Å²) in [6.45, 7) is 0. The molecular weight excluding hydrogens is 234 g/mol. The van der Waals surface area contributed by atoms with Crippen LogP contribution >= 0.6 is 11.3 Å². The second-order valence-corrected chi connectivity index (χ2v) is 3.89. The third kappa shape index (κ3) is 1.91. The number of nitro benzene ring substituents is 1. The number of nitro groups is 1. The summed E-state index contributed by atoms with van der Waals surface area (Å²) in [5.41, 5.74) is 0.484. The van der Waals surface area contributed by atoms with Gasteiger partial charge in [0.05, 0.1) is 15.1 Å². The zero-order valence-corrected chi connectivity index (χ0v) is 8.52. The number of fused-ring (bicyclic) bond motifs is 1. The van der Waals surface area contributed by atoms with Crippen molar-refractivity contribution in [2.24, 2.45) is 0 Å². The van der Waals surface area contributed by atoms with Gasteiger partial charge in [-0.15, -0.1) is 0 Å². The van der Waals surface area contributed by atoms with Crippen molar-refractivity contribution in [2.75, 3.05) is 5.32 Å². The molecule has 0 aliphatic rings. The van der Waals surface area contributed by atoms with Gasteiger partial charge in [0.1, 0.15) is 0 Å². The molecule has 0 atom stereocenters. The molecular formula is C8H5N3O4S. The first kappa shape index (κ1) is 10.3. The van der Waals surface area contributed by atoms with Gasteiger partial charge in [-0.05, 0) is 6.07 Å². The smallest absolute Gasteiger partial charge is 0.410 e. The van der Waals surface area contributed by atoms with Crippen LogP contribution in [-0.4, -0.2) is 21.1 Å². The summed E-state index contributed by atoms with van der Waals surface area (Å²) >= 11 is 1.05. The second-order valence-electron chi connectivity index (χ2n) is 2.86. The SMILES string of the molecule is O=C(O)Nc1nc2ccc([N+](=O)[O-])cc2s1. The fraction of sp³-hybridized carbons (Fsp3) is 0. The van der Waals surface area contributed by atoms with Gasteiger partial charge in [0.2, 0.25) is 0 Å². The number of aromatic nitrogens is 1. The van der Waals surface area contributed by atoms with Crippen molar-refractivity contribution >= 4 is 38.5 Å². The van der Waals surface area contributed by atoms with Crippen LogP contribution in [0.1, 0.15) is 0 Å². The number of carbonyl (C=O) groups is 1. The minimum Gasteiger partial charge on any atom is -0.465 e. The molecule has 1 aromatic carbocycles. The molecule has 0 saturated carbocycles. The molecule has 8 heteroatoms. The van der Waals surface area contributed by atoms with Crippen LogP contribution in [-0.2, 0) is 0 Å². The van der Waals surface area contributed by atoms with Gasteiger partial charge < -0.3 is 5.11 Å². The van der Waals surface area contributed by atoms with Gasteiger partial charge in [-0.2, -0.15) is 0 Å². The number of rotatable bonds is 2. The third-order valence-corrected chi connectivity index (χ3v) is 2.73. The maximum absolute atomic E-state index is 10.5. The van der Waals surface area contributed by atoms with Crippen LogP contribution < -0.4 is 5.32 Å². The van der Waals surface area contributed by atoms with E-state index in [4.69, 9.17) is 5.11 Å². The molecule has 2 aromatic rings. The summed E-state index contributed by atoms with van der Waals surface area (Å²) in [4.78, 5) is 24.3. The Labute approximate surface area is 92.5 Å².